The number of thioether (sulfide) groups is 1. The van der Waals surface area contributed by atoms with E-state index in [0.717, 1.165) is 11.8 Å². The second-order valence-corrected chi connectivity index (χ2v) is 5.37. The van der Waals surface area contributed by atoms with Crippen molar-refractivity contribution >= 4 is 17.7 Å². The van der Waals surface area contributed by atoms with Crippen LogP contribution in [0.4, 0.5) is 8.78 Å². The molecule has 118 valence electrons. The molecule has 0 radical (unpaired) electrons. The molecule has 2 aromatic heterocycles. The van der Waals surface area contributed by atoms with Crippen molar-refractivity contribution in [3.63, 3.8) is 0 Å². The van der Waals surface area contributed by atoms with E-state index in [0.29, 0.717) is 23.5 Å². The molecule has 9 heteroatoms. The number of alkyl halides is 2. The molecule has 22 heavy (non-hydrogen) atoms. The van der Waals surface area contributed by atoms with Gasteiger partial charge in [-0.25, -0.2) is 18.7 Å². The average molecular weight is 328 g/mol. The van der Waals surface area contributed by atoms with Gasteiger partial charge in [0.05, 0.1) is 17.1 Å². The molecule has 0 saturated carbocycles. The molecule has 2 aromatic rings. The average Bonchev–Trinajstić information content (AvgIpc) is 2.86. The molecule has 0 atom stereocenters. The first-order valence-electron chi connectivity index (χ1n) is 6.46. The lowest BCUT2D eigenvalue weighted by molar-refractivity contribution is -0.133. The summed E-state index contributed by atoms with van der Waals surface area (Å²) >= 11 is 0.805. The summed E-state index contributed by atoms with van der Waals surface area (Å²) in [6.45, 7) is 4.32. The monoisotopic (exact) mass is 328 g/mol. The Hall–Kier alpha value is -2.03. The fraction of sp³-hybridized carbons (Fsp3) is 0.385. The number of nitrogens with zero attached hydrogens (tertiary/aromatic N) is 4. The topological polar surface area (TPSA) is 80.9 Å². The predicted octanol–water partition coefficient (Wildman–Crippen LogP) is 2.78. The Bertz CT molecular complexity index is 691. The molecule has 0 amide bonds. The fourth-order valence-electron chi connectivity index (χ4n) is 1.82. The van der Waals surface area contributed by atoms with Gasteiger partial charge in [0.1, 0.15) is 5.69 Å². The number of aromatic nitrogens is 4. The zero-order valence-electron chi connectivity index (χ0n) is 12.0. The summed E-state index contributed by atoms with van der Waals surface area (Å²) < 4.78 is 27.6. The summed E-state index contributed by atoms with van der Waals surface area (Å²) in [7, 11) is 0. The van der Waals surface area contributed by atoms with Crippen molar-refractivity contribution in [1.82, 2.24) is 19.7 Å². The summed E-state index contributed by atoms with van der Waals surface area (Å²) in [5.74, 6) is -1.35. The van der Waals surface area contributed by atoms with Gasteiger partial charge in [0.2, 0.25) is 0 Å². The number of carboxylic acids is 1. The van der Waals surface area contributed by atoms with Crippen LogP contribution in [0, 0.1) is 6.92 Å². The zero-order valence-corrected chi connectivity index (χ0v) is 12.8. The van der Waals surface area contributed by atoms with E-state index in [1.807, 2.05) is 6.92 Å². The minimum atomic E-state index is -2.76. The van der Waals surface area contributed by atoms with Crippen LogP contribution in [-0.4, -0.2) is 36.6 Å². The third-order valence-electron chi connectivity index (χ3n) is 2.82. The number of hydrogen-bond acceptors (Lipinski definition) is 5. The molecule has 0 unspecified atom stereocenters. The number of rotatable bonds is 6. The quantitative estimate of drug-likeness (QED) is 0.649. The van der Waals surface area contributed by atoms with E-state index in [2.05, 4.69) is 15.1 Å². The largest absolute Gasteiger partial charge is 0.481 e. The van der Waals surface area contributed by atoms with Crippen molar-refractivity contribution in [3.8, 4) is 11.3 Å². The second-order valence-electron chi connectivity index (χ2n) is 4.43. The number of aryl methyl sites for hydroxylation is 2. The van der Waals surface area contributed by atoms with E-state index < -0.39 is 18.1 Å². The van der Waals surface area contributed by atoms with Crippen LogP contribution < -0.4 is 0 Å². The zero-order chi connectivity index (χ0) is 16.3. The predicted molar refractivity (Wildman–Crippen MR) is 77.0 cm³/mol. The Balaban J connectivity index is 2.44. The summed E-state index contributed by atoms with van der Waals surface area (Å²) in [5.41, 5.74) is 1.18. The smallest absolute Gasteiger partial charge is 0.313 e. The molecule has 6 nitrogen and oxygen atoms in total. The maximum absolute atomic E-state index is 13.0. The van der Waals surface area contributed by atoms with Gasteiger partial charge in [0, 0.05) is 18.3 Å². The lowest BCUT2D eigenvalue weighted by Crippen LogP contribution is -2.02. The standard InChI is InChI=1S/C13H14F2N4O2S/c1-3-19-5-8(7(2)18-19)9-4-10(12(14)15)17-13(16-9)22-6-11(20)21/h4-5,12H,3,6H2,1-2H3,(H,20,21). The Kier molecular flexibility index (Phi) is 5.07. The highest BCUT2D eigenvalue weighted by Gasteiger charge is 2.17. The van der Waals surface area contributed by atoms with E-state index in [1.165, 1.54) is 6.07 Å². The Labute approximate surface area is 129 Å². The van der Waals surface area contributed by atoms with E-state index >= 15 is 0 Å². The van der Waals surface area contributed by atoms with Crippen LogP contribution in [0.2, 0.25) is 0 Å². The van der Waals surface area contributed by atoms with Crippen LogP contribution in [-0.2, 0) is 11.3 Å². The van der Waals surface area contributed by atoms with Crippen LogP contribution >= 0.6 is 11.8 Å². The molecular weight excluding hydrogens is 314 g/mol. The minimum absolute atomic E-state index is 0.0128. The SMILES string of the molecule is CCn1cc(-c2cc(C(F)F)nc(SCC(=O)O)n2)c(C)n1. The molecule has 1 N–H and O–H groups in total. The number of aliphatic carboxylic acids is 1. The van der Waals surface area contributed by atoms with E-state index in [4.69, 9.17) is 5.11 Å². The number of carboxylic acid groups (broad SMARTS) is 1. The van der Waals surface area contributed by atoms with Crippen LogP contribution in [0.1, 0.15) is 24.7 Å². The van der Waals surface area contributed by atoms with E-state index in [9.17, 15) is 13.6 Å². The maximum Gasteiger partial charge on any atom is 0.313 e. The van der Waals surface area contributed by atoms with E-state index in [1.54, 1.807) is 17.8 Å². The van der Waals surface area contributed by atoms with Crippen LogP contribution in [0.3, 0.4) is 0 Å². The van der Waals surface area contributed by atoms with Gasteiger partial charge in [0.25, 0.3) is 6.43 Å². The number of halogens is 2. The van der Waals surface area contributed by atoms with Crippen molar-refractivity contribution in [1.29, 1.82) is 0 Å². The summed E-state index contributed by atoms with van der Waals surface area (Å²) in [5, 5.41) is 12.9. The molecule has 0 spiro atoms. The first-order chi connectivity index (χ1) is 10.4. The molecule has 0 fully saturated rings. The van der Waals surface area contributed by atoms with Gasteiger partial charge in [-0.2, -0.15) is 5.10 Å². The van der Waals surface area contributed by atoms with E-state index in [-0.39, 0.29) is 10.9 Å². The van der Waals surface area contributed by atoms with Crippen molar-refractivity contribution < 1.29 is 18.7 Å². The van der Waals surface area contributed by atoms with Crippen molar-refractivity contribution in [2.45, 2.75) is 32.0 Å². The third-order valence-corrected chi connectivity index (χ3v) is 3.65. The minimum Gasteiger partial charge on any atom is -0.481 e. The summed E-state index contributed by atoms with van der Waals surface area (Å²) in [4.78, 5) is 18.5. The molecule has 2 rings (SSSR count). The molecule has 0 aromatic carbocycles. The van der Waals surface area contributed by atoms with Gasteiger partial charge in [-0.05, 0) is 19.9 Å². The molecular formula is C13H14F2N4O2S. The summed E-state index contributed by atoms with van der Waals surface area (Å²) in [6, 6.07) is 1.21. The van der Waals surface area contributed by atoms with Gasteiger partial charge < -0.3 is 5.11 Å². The highest BCUT2D eigenvalue weighted by Crippen LogP contribution is 2.27. The molecule has 0 bridgehead atoms. The van der Waals surface area contributed by atoms with Gasteiger partial charge in [-0.15, -0.1) is 0 Å². The highest BCUT2D eigenvalue weighted by atomic mass is 32.2. The normalized spacial score (nSPS) is 11.1. The molecule has 0 aliphatic carbocycles. The van der Waals surface area contributed by atoms with Crippen LogP contribution in [0.25, 0.3) is 11.3 Å². The van der Waals surface area contributed by atoms with Crippen molar-refractivity contribution in [2.75, 3.05) is 5.75 Å². The van der Waals surface area contributed by atoms with Crippen LogP contribution in [0.15, 0.2) is 17.4 Å². The number of hydrogen-bond donors (Lipinski definition) is 1. The maximum atomic E-state index is 13.0. The molecule has 0 aliphatic heterocycles. The highest BCUT2D eigenvalue weighted by molar-refractivity contribution is 7.99. The molecule has 2 heterocycles. The number of carbonyl (C=O) groups is 1. The van der Waals surface area contributed by atoms with Gasteiger partial charge >= 0.3 is 5.97 Å². The first kappa shape index (κ1) is 16.3. The van der Waals surface area contributed by atoms with Gasteiger partial charge in [-0.1, -0.05) is 11.8 Å². The fourth-order valence-corrected chi connectivity index (χ4v) is 2.40. The van der Waals surface area contributed by atoms with Gasteiger partial charge in [-0.3, -0.25) is 9.48 Å². The molecule has 0 aliphatic rings. The first-order valence-corrected chi connectivity index (χ1v) is 7.45. The Morgan fingerprint density at radius 2 is 2.18 bits per heavy atom. The lowest BCUT2D eigenvalue weighted by Gasteiger charge is -2.06. The van der Waals surface area contributed by atoms with Gasteiger partial charge in [0.15, 0.2) is 5.16 Å². The Morgan fingerprint density at radius 1 is 1.45 bits per heavy atom. The lowest BCUT2D eigenvalue weighted by atomic mass is 10.2. The van der Waals surface area contributed by atoms with Crippen molar-refractivity contribution in [3.05, 3.63) is 23.7 Å². The third kappa shape index (κ3) is 3.79. The van der Waals surface area contributed by atoms with Crippen molar-refractivity contribution in [2.24, 2.45) is 0 Å². The summed E-state index contributed by atoms with van der Waals surface area (Å²) in [6.07, 6.45) is -1.04. The molecule has 0 saturated heterocycles. The Morgan fingerprint density at radius 3 is 2.73 bits per heavy atom. The van der Waals surface area contributed by atoms with Crippen LogP contribution in [0.5, 0.6) is 0 Å². The second kappa shape index (κ2) is 6.82.